The van der Waals surface area contributed by atoms with Gasteiger partial charge in [-0.1, -0.05) is 77.4 Å². The number of nitrogens with one attached hydrogen (secondary N) is 1. The first-order chi connectivity index (χ1) is 13.5. The lowest BCUT2D eigenvalue weighted by Crippen LogP contribution is -2.09. The number of aliphatic carboxylic acids is 1. The number of carboxylic acid groups (broad SMARTS) is 1. The van der Waals surface area contributed by atoms with E-state index in [4.69, 9.17) is 10.8 Å². The number of hydrogen-bond donors (Lipinski definition) is 3. The van der Waals surface area contributed by atoms with Crippen LogP contribution in [0.3, 0.4) is 0 Å². The maximum absolute atomic E-state index is 10.5. The predicted molar refractivity (Wildman–Crippen MR) is 122 cm³/mol. The third-order valence-electron chi connectivity index (χ3n) is 3.99. The Morgan fingerprint density at radius 2 is 1.14 bits per heavy atom. The second-order valence-electron chi connectivity index (χ2n) is 7.05. The maximum Gasteiger partial charge on any atom is 0.303 e. The van der Waals surface area contributed by atoms with Gasteiger partial charge in [-0.05, 0) is 46.2 Å². The van der Waals surface area contributed by atoms with Crippen LogP contribution in [0.2, 0.25) is 0 Å². The first-order valence-electron chi connectivity index (χ1n) is 11.2. The standard InChI is InChI=1S/C18H35NO.C3H6O2.C2H7N/c1-2-3-4-5-6-7-8-9-10-11-12-13-14-15-16-17-18(19)20;1-2-3(4)5;1-3-2/h9-10H,2-8,11-17H2,1H3,(H2,19,20);2H2,1H3,(H,4,5);3H,1-2H3/b10-9-;;. The molecule has 0 rings (SSSR count). The minimum atomic E-state index is -0.745. The van der Waals surface area contributed by atoms with Crippen LogP contribution < -0.4 is 11.1 Å². The summed E-state index contributed by atoms with van der Waals surface area (Å²) in [4.78, 5) is 19.9. The van der Waals surface area contributed by atoms with Crippen LogP contribution in [0.25, 0.3) is 0 Å². The van der Waals surface area contributed by atoms with E-state index < -0.39 is 5.97 Å². The highest BCUT2D eigenvalue weighted by molar-refractivity contribution is 5.73. The number of rotatable bonds is 16. The van der Waals surface area contributed by atoms with Gasteiger partial charge in [0.1, 0.15) is 0 Å². The van der Waals surface area contributed by atoms with Gasteiger partial charge in [-0.15, -0.1) is 0 Å². The van der Waals surface area contributed by atoms with Crippen molar-refractivity contribution < 1.29 is 14.7 Å². The lowest BCUT2D eigenvalue weighted by atomic mass is 10.1. The van der Waals surface area contributed by atoms with Crippen LogP contribution in [0.4, 0.5) is 0 Å². The highest BCUT2D eigenvalue weighted by Crippen LogP contribution is 2.09. The lowest BCUT2D eigenvalue weighted by Gasteiger charge is -1.99. The Kier molecular flexibility index (Phi) is 34.0. The summed E-state index contributed by atoms with van der Waals surface area (Å²) in [5.74, 6) is -0.910. The highest BCUT2D eigenvalue weighted by atomic mass is 16.4. The van der Waals surface area contributed by atoms with Crippen LogP contribution in [0.1, 0.15) is 110 Å². The van der Waals surface area contributed by atoms with Gasteiger partial charge < -0.3 is 16.2 Å². The molecule has 0 unspecified atom stereocenters. The van der Waals surface area contributed by atoms with Crippen molar-refractivity contribution in [3.63, 3.8) is 0 Å². The minimum absolute atomic E-state index is 0.164. The number of amides is 1. The third-order valence-corrected chi connectivity index (χ3v) is 3.99. The molecule has 0 saturated carbocycles. The SMILES string of the molecule is CCC(=O)O.CCCCCCCC/C=C\CCCCCCCC(N)=O.CNC. The lowest BCUT2D eigenvalue weighted by molar-refractivity contribution is -0.136. The predicted octanol–water partition coefficient (Wildman–Crippen LogP) is 5.83. The number of unbranched alkanes of at least 4 members (excludes halogenated alkanes) is 11. The molecule has 0 aliphatic heterocycles. The Labute approximate surface area is 174 Å². The Balaban J connectivity index is -0.000000657. The van der Waals surface area contributed by atoms with Crippen molar-refractivity contribution in [2.75, 3.05) is 14.1 Å². The van der Waals surface area contributed by atoms with Crippen molar-refractivity contribution in [2.24, 2.45) is 5.73 Å². The molecule has 0 aromatic carbocycles. The molecule has 0 radical (unpaired) electrons. The van der Waals surface area contributed by atoms with Crippen LogP contribution in [-0.2, 0) is 9.59 Å². The van der Waals surface area contributed by atoms with Gasteiger partial charge in [0.15, 0.2) is 0 Å². The number of nitrogens with two attached hydrogens (primary N) is 1. The smallest absolute Gasteiger partial charge is 0.303 e. The van der Waals surface area contributed by atoms with E-state index in [0.29, 0.717) is 6.42 Å². The third kappa shape index (κ3) is 44.3. The molecule has 0 heterocycles. The zero-order valence-electron chi connectivity index (χ0n) is 19.1. The topological polar surface area (TPSA) is 92.4 Å². The van der Waals surface area contributed by atoms with Crippen molar-refractivity contribution in [1.29, 1.82) is 0 Å². The molecule has 28 heavy (non-hydrogen) atoms. The number of primary amides is 1. The monoisotopic (exact) mass is 400 g/mol. The van der Waals surface area contributed by atoms with Crippen molar-refractivity contribution in [2.45, 2.75) is 110 Å². The Hall–Kier alpha value is -1.36. The van der Waals surface area contributed by atoms with Crippen LogP contribution >= 0.6 is 0 Å². The van der Waals surface area contributed by atoms with Gasteiger partial charge in [0, 0.05) is 12.8 Å². The summed E-state index contributed by atoms with van der Waals surface area (Å²) in [6, 6.07) is 0. The fraction of sp³-hybridized carbons (Fsp3) is 0.826. The van der Waals surface area contributed by atoms with Crippen molar-refractivity contribution >= 4 is 11.9 Å². The fourth-order valence-electron chi connectivity index (χ4n) is 2.37. The van der Waals surface area contributed by atoms with Gasteiger partial charge in [0.2, 0.25) is 5.91 Å². The molecule has 0 atom stereocenters. The summed E-state index contributed by atoms with van der Waals surface area (Å²) in [7, 11) is 3.75. The molecule has 0 bridgehead atoms. The molecule has 0 fully saturated rings. The van der Waals surface area contributed by atoms with E-state index in [1.165, 1.54) is 70.6 Å². The summed E-state index contributed by atoms with van der Waals surface area (Å²) in [5.41, 5.74) is 5.10. The average molecular weight is 401 g/mol. The van der Waals surface area contributed by atoms with Crippen LogP contribution in [0.15, 0.2) is 12.2 Å². The Bertz CT molecular complexity index is 345. The van der Waals surface area contributed by atoms with Gasteiger partial charge in [-0.2, -0.15) is 0 Å². The molecule has 4 N–H and O–H groups in total. The molecule has 0 saturated heterocycles. The van der Waals surface area contributed by atoms with E-state index in [9.17, 15) is 9.59 Å². The number of carbonyl (C=O) groups is 2. The summed E-state index contributed by atoms with van der Waals surface area (Å²) in [6.07, 6.45) is 22.1. The molecular formula is C23H48N2O3. The maximum atomic E-state index is 10.5. The van der Waals surface area contributed by atoms with Crippen LogP contribution in [0.5, 0.6) is 0 Å². The summed E-state index contributed by atoms with van der Waals surface area (Å²) < 4.78 is 0. The average Bonchev–Trinajstić information content (AvgIpc) is 2.65. The normalized spacial score (nSPS) is 10.0. The zero-order chi connectivity index (χ0) is 21.9. The fourth-order valence-corrected chi connectivity index (χ4v) is 2.37. The van der Waals surface area contributed by atoms with Gasteiger partial charge in [0.05, 0.1) is 0 Å². The van der Waals surface area contributed by atoms with E-state index >= 15 is 0 Å². The largest absolute Gasteiger partial charge is 0.481 e. The van der Waals surface area contributed by atoms with Crippen molar-refractivity contribution in [3.05, 3.63) is 12.2 Å². The van der Waals surface area contributed by atoms with E-state index in [2.05, 4.69) is 24.4 Å². The van der Waals surface area contributed by atoms with Crippen molar-refractivity contribution in [1.82, 2.24) is 5.32 Å². The van der Waals surface area contributed by atoms with E-state index in [0.717, 1.165) is 12.8 Å². The number of allylic oxidation sites excluding steroid dienone is 2. The first kappa shape index (κ1) is 31.3. The van der Waals surface area contributed by atoms with Crippen LogP contribution in [0, 0.1) is 0 Å². The first-order valence-corrected chi connectivity index (χ1v) is 11.2. The minimum Gasteiger partial charge on any atom is -0.481 e. The van der Waals surface area contributed by atoms with Crippen LogP contribution in [-0.4, -0.2) is 31.1 Å². The van der Waals surface area contributed by atoms with Gasteiger partial charge in [0.25, 0.3) is 0 Å². The van der Waals surface area contributed by atoms with Gasteiger partial charge in [-0.25, -0.2) is 0 Å². The molecule has 0 aromatic heterocycles. The second kappa shape index (κ2) is 30.4. The molecule has 168 valence electrons. The summed E-state index contributed by atoms with van der Waals surface area (Å²) >= 11 is 0. The highest BCUT2D eigenvalue weighted by Gasteiger charge is 1.94. The quantitative estimate of drug-likeness (QED) is 0.225. The van der Waals surface area contributed by atoms with Gasteiger partial charge in [-0.3, -0.25) is 9.59 Å². The van der Waals surface area contributed by atoms with E-state index in [-0.39, 0.29) is 12.3 Å². The number of carboxylic acids is 1. The Morgan fingerprint density at radius 3 is 1.50 bits per heavy atom. The zero-order valence-corrected chi connectivity index (χ0v) is 19.1. The number of carbonyl (C=O) groups excluding carboxylic acids is 1. The van der Waals surface area contributed by atoms with E-state index in [1.807, 2.05) is 14.1 Å². The molecule has 0 aliphatic carbocycles. The summed E-state index contributed by atoms with van der Waals surface area (Å²) in [6.45, 7) is 3.86. The molecule has 0 spiro atoms. The molecule has 5 nitrogen and oxygen atoms in total. The Morgan fingerprint density at radius 1 is 0.786 bits per heavy atom. The molecule has 0 aliphatic rings. The molecular weight excluding hydrogens is 352 g/mol. The van der Waals surface area contributed by atoms with E-state index in [1.54, 1.807) is 6.92 Å². The molecule has 0 aromatic rings. The molecule has 5 heteroatoms. The van der Waals surface area contributed by atoms with Crippen molar-refractivity contribution in [3.8, 4) is 0 Å². The second-order valence-corrected chi connectivity index (χ2v) is 7.05. The molecule has 1 amide bonds. The summed E-state index contributed by atoms with van der Waals surface area (Å²) in [5, 5.41) is 10.5. The number of hydrogen-bond acceptors (Lipinski definition) is 3. The van der Waals surface area contributed by atoms with Gasteiger partial charge >= 0.3 is 5.97 Å².